The maximum absolute atomic E-state index is 11.6. The van der Waals surface area contributed by atoms with Gasteiger partial charge in [0.25, 0.3) is 0 Å². The molecule has 0 atom stereocenters. The lowest BCUT2D eigenvalue weighted by atomic mass is 10.2. The van der Waals surface area contributed by atoms with Crippen LogP contribution in [-0.2, 0) is 16.1 Å². The summed E-state index contributed by atoms with van der Waals surface area (Å²) in [5.74, 6) is -0.255. The van der Waals surface area contributed by atoms with Crippen LogP contribution >= 0.6 is 0 Å². The van der Waals surface area contributed by atoms with Crippen molar-refractivity contribution in [3.05, 3.63) is 29.8 Å². The van der Waals surface area contributed by atoms with Gasteiger partial charge in [-0.25, -0.2) is 0 Å². The van der Waals surface area contributed by atoms with E-state index < -0.39 is 11.8 Å². The number of ether oxygens (including phenoxy) is 1. The molecule has 1 aliphatic heterocycles. The average molecular weight is 234 g/mol. The molecule has 5 heteroatoms. The van der Waals surface area contributed by atoms with Gasteiger partial charge in [0.15, 0.2) is 0 Å². The average Bonchev–Trinajstić information content (AvgIpc) is 2.35. The van der Waals surface area contributed by atoms with Crippen molar-refractivity contribution < 1.29 is 14.3 Å². The predicted molar refractivity (Wildman–Crippen MR) is 61.4 cm³/mol. The first-order chi connectivity index (χ1) is 8.20. The number of carbonyl (C=O) groups is 2. The van der Waals surface area contributed by atoms with Gasteiger partial charge in [-0.1, -0.05) is 12.1 Å². The largest absolute Gasteiger partial charge is 0.497 e. The van der Waals surface area contributed by atoms with Crippen LogP contribution in [0.25, 0.3) is 0 Å². The Morgan fingerprint density at radius 2 is 2.24 bits per heavy atom. The second-order valence-corrected chi connectivity index (χ2v) is 3.83. The monoisotopic (exact) mass is 234 g/mol. The van der Waals surface area contributed by atoms with Crippen molar-refractivity contribution in [2.45, 2.75) is 6.54 Å². The van der Waals surface area contributed by atoms with Crippen molar-refractivity contribution in [3.8, 4) is 5.75 Å². The van der Waals surface area contributed by atoms with Crippen LogP contribution in [0.5, 0.6) is 5.75 Å². The van der Waals surface area contributed by atoms with Crippen LogP contribution in [0.3, 0.4) is 0 Å². The van der Waals surface area contributed by atoms with Crippen LogP contribution in [-0.4, -0.2) is 36.9 Å². The number of hydrogen-bond donors (Lipinski definition) is 1. The molecule has 1 fully saturated rings. The Bertz CT molecular complexity index is 445. The van der Waals surface area contributed by atoms with Gasteiger partial charge in [-0.05, 0) is 17.7 Å². The highest BCUT2D eigenvalue weighted by atomic mass is 16.5. The zero-order valence-corrected chi connectivity index (χ0v) is 9.60. The number of nitrogens with one attached hydrogen (secondary N) is 1. The van der Waals surface area contributed by atoms with E-state index in [1.807, 2.05) is 24.3 Å². The first kappa shape index (κ1) is 11.4. The highest BCUT2D eigenvalue weighted by Crippen LogP contribution is 2.14. The molecule has 1 aromatic rings. The van der Waals surface area contributed by atoms with Crippen molar-refractivity contribution in [2.24, 2.45) is 0 Å². The van der Waals surface area contributed by atoms with Gasteiger partial charge in [-0.3, -0.25) is 9.59 Å². The standard InChI is InChI=1S/C12H14N2O3/c1-17-10-4-2-3-9(7-10)8-14-6-5-13-11(15)12(14)16/h2-4,7H,5-6,8H2,1H3,(H,13,15). The van der Waals surface area contributed by atoms with Crippen molar-refractivity contribution in [1.29, 1.82) is 0 Å². The molecular weight excluding hydrogens is 220 g/mol. The Balaban J connectivity index is 2.09. The van der Waals surface area contributed by atoms with E-state index in [1.54, 1.807) is 7.11 Å². The summed E-state index contributed by atoms with van der Waals surface area (Å²) in [7, 11) is 1.60. The van der Waals surface area contributed by atoms with Gasteiger partial charge in [-0.15, -0.1) is 0 Å². The van der Waals surface area contributed by atoms with E-state index in [0.717, 1.165) is 11.3 Å². The summed E-state index contributed by atoms with van der Waals surface area (Å²) in [6.45, 7) is 1.49. The number of carbonyl (C=O) groups excluding carboxylic acids is 2. The van der Waals surface area contributed by atoms with Crippen LogP contribution in [0.15, 0.2) is 24.3 Å². The Labute approximate surface area is 99.4 Å². The number of piperazine rings is 1. The molecule has 2 amide bonds. The third kappa shape index (κ3) is 2.55. The number of nitrogens with zero attached hydrogens (tertiary/aromatic N) is 1. The third-order valence-electron chi connectivity index (χ3n) is 2.66. The molecular formula is C12H14N2O3. The molecule has 0 bridgehead atoms. The minimum absolute atomic E-state index is 0.434. The normalized spacial score (nSPS) is 15.7. The molecule has 1 saturated heterocycles. The Kier molecular flexibility index (Phi) is 3.27. The van der Waals surface area contributed by atoms with Gasteiger partial charge in [0.05, 0.1) is 7.11 Å². The minimum Gasteiger partial charge on any atom is -0.497 e. The molecule has 0 saturated carbocycles. The van der Waals surface area contributed by atoms with Crippen LogP contribution in [0.1, 0.15) is 5.56 Å². The fourth-order valence-electron chi connectivity index (χ4n) is 1.77. The zero-order chi connectivity index (χ0) is 12.3. The first-order valence-corrected chi connectivity index (χ1v) is 5.41. The lowest BCUT2D eigenvalue weighted by molar-refractivity contribution is -0.148. The Morgan fingerprint density at radius 1 is 1.41 bits per heavy atom. The number of hydrogen-bond acceptors (Lipinski definition) is 3. The first-order valence-electron chi connectivity index (χ1n) is 5.41. The Morgan fingerprint density at radius 3 is 3.00 bits per heavy atom. The van der Waals surface area contributed by atoms with Crippen LogP contribution in [0.2, 0.25) is 0 Å². The van der Waals surface area contributed by atoms with Crippen molar-refractivity contribution in [2.75, 3.05) is 20.2 Å². The lowest BCUT2D eigenvalue weighted by Crippen LogP contribution is -2.51. The molecule has 17 heavy (non-hydrogen) atoms. The highest BCUT2D eigenvalue weighted by molar-refractivity contribution is 6.35. The SMILES string of the molecule is COc1cccc(CN2CCNC(=O)C2=O)c1. The molecule has 5 nitrogen and oxygen atoms in total. The van der Waals surface area contributed by atoms with Gasteiger partial charge in [0, 0.05) is 19.6 Å². The Hall–Kier alpha value is -2.04. The van der Waals surface area contributed by atoms with E-state index in [0.29, 0.717) is 19.6 Å². The second kappa shape index (κ2) is 4.86. The fraction of sp³-hybridized carbons (Fsp3) is 0.333. The summed E-state index contributed by atoms with van der Waals surface area (Å²) < 4.78 is 5.11. The van der Waals surface area contributed by atoms with Crippen LogP contribution < -0.4 is 10.1 Å². The smallest absolute Gasteiger partial charge is 0.312 e. The van der Waals surface area contributed by atoms with Crippen LogP contribution in [0.4, 0.5) is 0 Å². The number of benzene rings is 1. The van der Waals surface area contributed by atoms with E-state index in [4.69, 9.17) is 4.74 Å². The van der Waals surface area contributed by atoms with Gasteiger partial charge >= 0.3 is 11.8 Å². The molecule has 1 heterocycles. The molecule has 0 unspecified atom stereocenters. The van der Waals surface area contributed by atoms with Crippen LogP contribution in [0, 0.1) is 0 Å². The second-order valence-electron chi connectivity index (χ2n) is 3.83. The summed E-state index contributed by atoms with van der Waals surface area (Å²) in [6, 6.07) is 7.47. The van der Waals surface area contributed by atoms with E-state index in [2.05, 4.69) is 5.32 Å². The summed E-state index contributed by atoms with van der Waals surface area (Å²) in [6.07, 6.45) is 0. The number of methoxy groups -OCH3 is 1. The minimum atomic E-state index is -0.529. The molecule has 2 rings (SSSR count). The van der Waals surface area contributed by atoms with E-state index in [-0.39, 0.29) is 0 Å². The lowest BCUT2D eigenvalue weighted by Gasteiger charge is -2.26. The molecule has 0 aliphatic carbocycles. The summed E-state index contributed by atoms with van der Waals surface area (Å²) in [5, 5.41) is 2.52. The maximum Gasteiger partial charge on any atom is 0.312 e. The summed E-state index contributed by atoms with van der Waals surface area (Å²) >= 11 is 0. The van der Waals surface area contributed by atoms with E-state index >= 15 is 0 Å². The molecule has 90 valence electrons. The van der Waals surface area contributed by atoms with Gasteiger partial charge in [0.1, 0.15) is 5.75 Å². The predicted octanol–water partition coefficient (Wildman–Crippen LogP) is 0.154. The van der Waals surface area contributed by atoms with E-state index in [1.165, 1.54) is 4.90 Å². The maximum atomic E-state index is 11.6. The number of amides is 2. The molecule has 0 aromatic heterocycles. The van der Waals surface area contributed by atoms with Gasteiger partial charge < -0.3 is 15.0 Å². The van der Waals surface area contributed by atoms with Gasteiger partial charge in [0.2, 0.25) is 0 Å². The quantitative estimate of drug-likeness (QED) is 0.758. The van der Waals surface area contributed by atoms with Crippen molar-refractivity contribution >= 4 is 11.8 Å². The zero-order valence-electron chi connectivity index (χ0n) is 9.60. The number of rotatable bonds is 3. The third-order valence-corrected chi connectivity index (χ3v) is 2.66. The topological polar surface area (TPSA) is 58.6 Å². The molecule has 0 radical (unpaired) electrons. The van der Waals surface area contributed by atoms with Crippen molar-refractivity contribution in [1.82, 2.24) is 10.2 Å². The fourth-order valence-corrected chi connectivity index (χ4v) is 1.77. The summed E-state index contributed by atoms with van der Waals surface area (Å²) in [4.78, 5) is 24.3. The highest BCUT2D eigenvalue weighted by Gasteiger charge is 2.25. The molecule has 0 spiro atoms. The summed E-state index contributed by atoms with van der Waals surface area (Å²) in [5.41, 5.74) is 0.951. The molecule has 1 aromatic carbocycles. The van der Waals surface area contributed by atoms with Gasteiger partial charge in [-0.2, -0.15) is 0 Å². The molecule has 1 N–H and O–H groups in total. The molecule has 1 aliphatic rings. The van der Waals surface area contributed by atoms with E-state index in [9.17, 15) is 9.59 Å². The van der Waals surface area contributed by atoms with Crippen molar-refractivity contribution in [3.63, 3.8) is 0 Å².